The lowest BCUT2D eigenvalue weighted by Crippen LogP contribution is -2.28. The predicted molar refractivity (Wildman–Crippen MR) is 79.8 cm³/mol. The molecule has 0 heterocycles. The normalized spacial score (nSPS) is 10.3. The summed E-state index contributed by atoms with van der Waals surface area (Å²) in [4.78, 5) is 14.1. The van der Waals surface area contributed by atoms with Gasteiger partial charge in [-0.2, -0.15) is 0 Å². The Morgan fingerprint density at radius 1 is 1.16 bits per heavy atom. The van der Waals surface area contributed by atoms with E-state index in [0.717, 1.165) is 11.3 Å². The molecule has 0 aliphatic heterocycles. The molecular weight excluding hydrogens is 260 g/mol. The van der Waals surface area contributed by atoms with Crippen molar-refractivity contribution < 1.29 is 4.79 Å². The van der Waals surface area contributed by atoms with Gasteiger partial charge in [0.25, 0.3) is 5.91 Å². The van der Waals surface area contributed by atoms with Crippen LogP contribution in [0.15, 0.2) is 42.5 Å². The van der Waals surface area contributed by atoms with Gasteiger partial charge in [0.1, 0.15) is 0 Å². The van der Waals surface area contributed by atoms with E-state index < -0.39 is 0 Å². The molecule has 2 N–H and O–H groups in total. The molecule has 0 unspecified atom stereocenters. The molecule has 1 amide bonds. The monoisotopic (exact) mass is 274 g/mol. The highest BCUT2D eigenvalue weighted by Gasteiger charge is 2.19. The van der Waals surface area contributed by atoms with Gasteiger partial charge < -0.3 is 10.6 Å². The quantitative estimate of drug-likeness (QED) is 0.852. The van der Waals surface area contributed by atoms with E-state index in [0.29, 0.717) is 16.3 Å². The minimum Gasteiger partial charge on any atom is -0.398 e. The highest BCUT2D eigenvalue weighted by Crippen LogP contribution is 2.26. The van der Waals surface area contributed by atoms with E-state index in [4.69, 9.17) is 17.3 Å². The van der Waals surface area contributed by atoms with Crippen molar-refractivity contribution in [3.8, 4) is 0 Å². The van der Waals surface area contributed by atoms with E-state index in [2.05, 4.69) is 0 Å². The molecule has 4 heteroatoms. The summed E-state index contributed by atoms with van der Waals surface area (Å²) in [5.41, 5.74) is 8.43. The maximum absolute atomic E-state index is 12.5. The number of carbonyl (C=O) groups excluding carboxylic acids is 1. The zero-order valence-corrected chi connectivity index (χ0v) is 11.6. The van der Waals surface area contributed by atoms with Crippen LogP contribution in [-0.4, -0.2) is 13.0 Å². The number of benzene rings is 2. The third kappa shape index (κ3) is 2.56. The van der Waals surface area contributed by atoms with Gasteiger partial charge in [-0.1, -0.05) is 35.9 Å². The van der Waals surface area contributed by atoms with Crippen LogP contribution in [0, 0.1) is 6.92 Å². The first kappa shape index (κ1) is 13.4. The second kappa shape index (κ2) is 5.33. The first-order valence-electron chi connectivity index (χ1n) is 5.90. The topological polar surface area (TPSA) is 46.3 Å². The molecule has 0 saturated heterocycles. The number of nitrogens with zero attached hydrogens (tertiary/aromatic N) is 1. The van der Waals surface area contributed by atoms with Gasteiger partial charge >= 0.3 is 0 Å². The molecule has 2 aromatic carbocycles. The minimum atomic E-state index is -0.211. The molecule has 0 fully saturated rings. The Balaban J connectivity index is 2.43. The van der Waals surface area contributed by atoms with Crippen molar-refractivity contribution in [1.29, 1.82) is 0 Å². The highest BCUT2D eigenvalue weighted by atomic mass is 35.5. The van der Waals surface area contributed by atoms with Crippen LogP contribution < -0.4 is 10.6 Å². The summed E-state index contributed by atoms with van der Waals surface area (Å²) in [5, 5.41) is 0.366. The third-order valence-electron chi connectivity index (χ3n) is 3.04. The van der Waals surface area contributed by atoms with Crippen molar-refractivity contribution in [3.05, 3.63) is 58.6 Å². The SMILES string of the molecule is Cc1ccccc1N(C)C(=O)c1c(N)cccc1Cl. The van der Waals surface area contributed by atoms with Crippen molar-refractivity contribution >= 4 is 28.9 Å². The summed E-state index contributed by atoms with van der Waals surface area (Å²) in [6, 6.07) is 12.7. The van der Waals surface area contributed by atoms with Crippen molar-refractivity contribution in [2.45, 2.75) is 6.92 Å². The van der Waals surface area contributed by atoms with Gasteiger partial charge in [0, 0.05) is 18.4 Å². The number of nitrogen functional groups attached to an aromatic ring is 1. The standard InChI is InChI=1S/C15H15ClN2O/c1-10-6-3-4-9-13(10)18(2)15(19)14-11(16)7-5-8-12(14)17/h3-9H,17H2,1-2H3. The van der Waals surface area contributed by atoms with E-state index >= 15 is 0 Å². The Labute approximate surface area is 117 Å². The van der Waals surface area contributed by atoms with Gasteiger partial charge in [0.05, 0.1) is 10.6 Å². The first-order chi connectivity index (χ1) is 9.02. The fourth-order valence-electron chi connectivity index (χ4n) is 1.98. The van der Waals surface area contributed by atoms with Crippen LogP contribution in [0.2, 0.25) is 5.02 Å². The van der Waals surface area contributed by atoms with Crippen molar-refractivity contribution in [3.63, 3.8) is 0 Å². The van der Waals surface area contributed by atoms with Gasteiger partial charge in [0.15, 0.2) is 0 Å². The van der Waals surface area contributed by atoms with Crippen LogP contribution >= 0.6 is 11.6 Å². The first-order valence-corrected chi connectivity index (χ1v) is 6.28. The molecule has 0 atom stereocenters. The van der Waals surface area contributed by atoms with Gasteiger partial charge in [-0.05, 0) is 30.7 Å². The molecule has 0 aliphatic carbocycles. The van der Waals surface area contributed by atoms with E-state index in [-0.39, 0.29) is 5.91 Å². The van der Waals surface area contributed by atoms with E-state index in [1.165, 1.54) is 0 Å². The summed E-state index contributed by atoms with van der Waals surface area (Å²) < 4.78 is 0. The summed E-state index contributed by atoms with van der Waals surface area (Å²) in [6.45, 7) is 1.95. The Hall–Kier alpha value is -2.00. The predicted octanol–water partition coefficient (Wildman–Crippen LogP) is 3.51. The smallest absolute Gasteiger partial charge is 0.261 e. The number of hydrogen-bond acceptors (Lipinski definition) is 2. The van der Waals surface area contributed by atoms with Crippen LogP contribution in [0.1, 0.15) is 15.9 Å². The molecule has 19 heavy (non-hydrogen) atoms. The Morgan fingerprint density at radius 3 is 2.47 bits per heavy atom. The lowest BCUT2D eigenvalue weighted by molar-refractivity contribution is 0.0994. The molecule has 3 nitrogen and oxygen atoms in total. The maximum atomic E-state index is 12.5. The molecule has 2 aromatic rings. The fraction of sp³-hybridized carbons (Fsp3) is 0.133. The van der Waals surface area contributed by atoms with Gasteiger partial charge in [-0.25, -0.2) is 0 Å². The second-order valence-corrected chi connectivity index (χ2v) is 4.76. The number of para-hydroxylation sites is 1. The lowest BCUT2D eigenvalue weighted by atomic mass is 10.1. The molecular formula is C15H15ClN2O. The minimum absolute atomic E-state index is 0.211. The average Bonchev–Trinajstić information content (AvgIpc) is 2.38. The molecule has 0 spiro atoms. The molecule has 2 rings (SSSR count). The Morgan fingerprint density at radius 2 is 1.84 bits per heavy atom. The van der Waals surface area contributed by atoms with E-state index in [1.807, 2.05) is 31.2 Å². The van der Waals surface area contributed by atoms with Crippen molar-refractivity contribution in [1.82, 2.24) is 0 Å². The summed E-state index contributed by atoms with van der Waals surface area (Å²) >= 11 is 6.07. The van der Waals surface area contributed by atoms with Crippen LogP contribution in [0.5, 0.6) is 0 Å². The second-order valence-electron chi connectivity index (χ2n) is 4.35. The van der Waals surface area contributed by atoms with Crippen LogP contribution in [0.25, 0.3) is 0 Å². The number of nitrogens with two attached hydrogens (primary N) is 1. The zero-order chi connectivity index (χ0) is 14.0. The number of hydrogen-bond donors (Lipinski definition) is 1. The summed E-state index contributed by atoms with van der Waals surface area (Å²) in [6.07, 6.45) is 0. The third-order valence-corrected chi connectivity index (χ3v) is 3.36. The van der Waals surface area contributed by atoms with Crippen molar-refractivity contribution in [2.75, 3.05) is 17.7 Å². The number of anilines is 2. The highest BCUT2D eigenvalue weighted by molar-refractivity contribution is 6.35. The molecule has 0 aliphatic rings. The number of aryl methyl sites for hydroxylation is 1. The van der Waals surface area contributed by atoms with Gasteiger partial charge in [-0.3, -0.25) is 4.79 Å². The van der Waals surface area contributed by atoms with Crippen LogP contribution in [0.4, 0.5) is 11.4 Å². The lowest BCUT2D eigenvalue weighted by Gasteiger charge is -2.20. The fourth-order valence-corrected chi connectivity index (χ4v) is 2.25. The van der Waals surface area contributed by atoms with Gasteiger partial charge in [0.2, 0.25) is 0 Å². The summed E-state index contributed by atoms with van der Waals surface area (Å²) in [7, 11) is 1.72. The number of amides is 1. The Bertz CT molecular complexity index is 605. The molecule has 0 bridgehead atoms. The Kier molecular flexibility index (Phi) is 3.76. The molecule has 0 aromatic heterocycles. The maximum Gasteiger partial charge on any atom is 0.261 e. The molecule has 98 valence electrons. The average molecular weight is 275 g/mol. The van der Waals surface area contributed by atoms with Crippen molar-refractivity contribution in [2.24, 2.45) is 0 Å². The van der Waals surface area contributed by atoms with Gasteiger partial charge in [-0.15, -0.1) is 0 Å². The zero-order valence-electron chi connectivity index (χ0n) is 10.9. The number of carbonyl (C=O) groups is 1. The molecule has 0 radical (unpaired) electrons. The van der Waals surface area contributed by atoms with Crippen LogP contribution in [-0.2, 0) is 0 Å². The van der Waals surface area contributed by atoms with E-state index in [1.54, 1.807) is 30.1 Å². The number of rotatable bonds is 2. The largest absolute Gasteiger partial charge is 0.398 e. The molecule has 0 saturated carbocycles. The number of halogens is 1. The van der Waals surface area contributed by atoms with Crippen LogP contribution in [0.3, 0.4) is 0 Å². The van der Waals surface area contributed by atoms with E-state index in [9.17, 15) is 4.79 Å². The summed E-state index contributed by atoms with van der Waals surface area (Å²) in [5.74, 6) is -0.211.